The molecule has 0 radical (unpaired) electrons. The van der Waals surface area contributed by atoms with Gasteiger partial charge >= 0.3 is 6.01 Å². The van der Waals surface area contributed by atoms with Crippen molar-refractivity contribution in [3.8, 4) is 6.01 Å². The number of carbonyl (C=O) groups is 1. The van der Waals surface area contributed by atoms with Gasteiger partial charge in [0.2, 0.25) is 0 Å². The molecule has 1 amide bonds. The summed E-state index contributed by atoms with van der Waals surface area (Å²) in [7, 11) is 0. The van der Waals surface area contributed by atoms with E-state index in [-0.39, 0.29) is 7.33 Å². The first-order valence-electron chi connectivity index (χ1n) is 6.41. The summed E-state index contributed by atoms with van der Waals surface area (Å²) in [6.07, 6.45) is 3.38. The predicted molar refractivity (Wildman–Crippen MR) is 77.9 cm³/mol. The second-order valence-electron chi connectivity index (χ2n) is 4.51. The first kappa shape index (κ1) is 14.0. The van der Waals surface area contributed by atoms with Crippen LogP contribution in [0.3, 0.4) is 0 Å². The lowest BCUT2D eigenvalue weighted by Gasteiger charge is -2.06. The quantitative estimate of drug-likeness (QED) is 0.848. The molecule has 0 fully saturated rings. The summed E-state index contributed by atoms with van der Waals surface area (Å²) in [6, 6.07) is 7.74. The number of ether oxygens (including phenoxy) is 1. The van der Waals surface area contributed by atoms with Crippen LogP contribution in [0.25, 0.3) is 0 Å². The highest BCUT2D eigenvalue weighted by Crippen LogP contribution is 2.03. The van der Waals surface area contributed by atoms with Crippen LogP contribution in [0.5, 0.6) is 6.01 Å². The minimum Gasteiger partial charge on any atom is -0.462 e. The lowest BCUT2D eigenvalue weighted by atomic mass is 10.1. The summed E-state index contributed by atoms with van der Waals surface area (Å²) < 4.78 is 5.33. The average Bonchev–Trinajstić information content (AvgIpc) is 2.46. The molecule has 5 nitrogen and oxygen atoms in total. The van der Waals surface area contributed by atoms with Crippen LogP contribution in [-0.4, -0.2) is 29.0 Å². The molecule has 0 aliphatic rings. The first-order valence-corrected chi connectivity index (χ1v) is 6.41. The molecule has 5 heteroatoms. The van der Waals surface area contributed by atoms with Crippen molar-refractivity contribution >= 4 is 5.91 Å². The van der Waals surface area contributed by atoms with Crippen LogP contribution in [0.2, 0.25) is 0 Å². The van der Waals surface area contributed by atoms with Crippen molar-refractivity contribution in [2.75, 3.05) is 13.2 Å². The molecule has 1 N–H and O–H groups in total. The molecule has 20 heavy (non-hydrogen) atoms. The standard InChI is InChI=1S/C15H17N3O2.H2/c1-11-3-5-13(6-4-11)14(19)16-7-8-20-15-17-9-12(2)10-18-15;/h3-6,9-10H,7-8H2,1-2H3,(H,16,19);1H. The number of nitrogens with zero attached hydrogens (tertiary/aromatic N) is 2. The summed E-state index contributed by atoms with van der Waals surface area (Å²) in [6.45, 7) is 4.63. The molecular formula is C15H19N3O2. The zero-order valence-corrected chi connectivity index (χ0v) is 11.6. The Morgan fingerprint density at radius 2 is 1.80 bits per heavy atom. The van der Waals surface area contributed by atoms with Crippen molar-refractivity contribution in [3.05, 3.63) is 53.3 Å². The third-order valence-electron chi connectivity index (χ3n) is 2.69. The number of amides is 1. The second-order valence-corrected chi connectivity index (χ2v) is 4.51. The molecule has 2 rings (SSSR count). The van der Waals surface area contributed by atoms with Gasteiger partial charge in [0.1, 0.15) is 6.61 Å². The van der Waals surface area contributed by atoms with Gasteiger partial charge in [0, 0.05) is 19.4 Å². The molecular weight excluding hydrogens is 254 g/mol. The molecule has 0 aliphatic carbocycles. The van der Waals surface area contributed by atoms with E-state index in [1.54, 1.807) is 24.5 Å². The highest BCUT2D eigenvalue weighted by atomic mass is 16.5. The summed E-state index contributed by atoms with van der Waals surface area (Å²) in [5.74, 6) is -0.113. The van der Waals surface area contributed by atoms with Crippen molar-refractivity contribution in [3.63, 3.8) is 0 Å². The van der Waals surface area contributed by atoms with Gasteiger partial charge in [-0.2, -0.15) is 0 Å². The number of hydrogen-bond donors (Lipinski definition) is 1. The molecule has 1 heterocycles. The van der Waals surface area contributed by atoms with E-state index in [2.05, 4.69) is 15.3 Å². The largest absolute Gasteiger partial charge is 0.462 e. The van der Waals surface area contributed by atoms with Gasteiger partial charge in [-0.1, -0.05) is 17.7 Å². The van der Waals surface area contributed by atoms with E-state index < -0.39 is 0 Å². The molecule has 0 spiro atoms. The monoisotopic (exact) mass is 273 g/mol. The molecule has 1 aromatic heterocycles. The lowest BCUT2D eigenvalue weighted by Crippen LogP contribution is -2.28. The number of aryl methyl sites for hydroxylation is 2. The van der Waals surface area contributed by atoms with Crippen LogP contribution in [0.4, 0.5) is 0 Å². The summed E-state index contributed by atoms with van der Waals surface area (Å²) in [5, 5.41) is 2.78. The zero-order chi connectivity index (χ0) is 14.4. The van der Waals surface area contributed by atoms with Gasteiger partial charge in [-0.05, 0) is 31.5 Å². The minimum atomic E-state index is -0.113. The van der Waals surface area contributed by atoms with Crippen LogP contribution in [0.15, 0.2) is 36.7 Å². The van der Waals surface area contributed by atoms with Gasteiger partial charge in [0.25, 0.3) is 5.91 Å². The molecule has 0 atom stereocenters. The Kier molecular flexibility index (Phi) is 4.65. The molecule has 2 aromatic rings. The normalized spacial score (nSPS) is 10.1. The molecule has 0 saturated heterocycles. The maximum atomic E-state index is 11.8. The lowest BCUT2D eigenvalue weighted by molar-refractivity contribution is 0.0946. The Morgan fingerprint density at radius 3 is 2.45 bits per heavy atom. The Labute approximate surface area is 119 Å². The maximum absolute atomic E-state index is 11.8. The Balaban J connectivity index is 0.00000220. The van der Waals surface area contributed by atoms with Crippen LogP contribution in [0.1, 0.15) is 22.9 Å². The first-order chi connectivity index (χ1) is 9.65. The number of aromatic nitrogens is 2. The van der Waals surface area contributed by atoms with Crippen molar-refractivity contribution in [1.29, 1.82) is 0 Å². The van der Waals surface area contributed by atoms with E-state index in [0.29, 0.717) is 24.7 Å². The molecule has 0 saturated carbocycles. The van der Waals surface area contributed by atoms with Gasteiger partial charge in [-0.25, -0.2) is 9.97 Å². The number of rotatable bonds is 5. The smallest absolute Gasteiger partial charge is 0.316 e. The minimum absolute atomic E-state index is 0. The molecule has 0 aliphatic heterocycles. The molecule has 106 valence electrons. The third-order valence-corrected chi connectivity index (χ3v) is 2.69. The van der Waals surface area contributed by atoms with Crippen molar-refractivity contribution < 1.29 is 11.0 Å². The van der Waals surface area contributed by atoms with E-state index >= 15 is 0 Å². The van der Waals surface area contributed by atoms with E-state index in [1.165, 1.54) is 0 Å². The van der Waals surface area contributed by atoms with Crippen molar-refractivity contribution in [2.24, 2.45) is 0 Å². The third kappa shape index (κ3) is 4.05. The van der Waals surface area contributed by atoms with Gasteiger partial charge in [0.15, 0.2) is 0 Å². The number of hydrogen-bond acceptors (Lipinski definition) is 4. The predicted octanol–water partition coefficient (Wildman–Crippen LogP) is 2.15. The Morgan fingerprint density at radius 1 is 1.15 bits per heavy atom. The zero-order valence-electron chi connectivity index (χ0n) is 11.6. The van der Waals surface area contributed by atoms with Crippen LogP contribution < -0.4 is 10.1 Å². The Bertz CT molecular complexity index is 570. The highest BCUT2D eigenvalue weighted by molar-refractivity contribution is 5.94. The number of carbonyl (C=O) groups excluding carboxylic acids is 1. The second kappa shape index (κ2) is 6.65. The van der Waals surface area contributed by atoms with Crippen LogP contribution >= 0.6 is 0 Å². The van der Waals surface area contributed by atoms with Crippen LogP contribution in [-0.2, 0) is 0 Å². The van der Waals surface area contributed by atoms with E-state index in [0.717, 1.165) is 11.1 Å². The molecule has 0 unspecified atom stereocenters. The molecule has 1 aromatic carbocycles. The van der Waals surface area contributed by atoms with Gasteiger partial charge in [-0.15, -0.1) is 0 Å². The fraction of sp³-hybridized carbons (Fsp3) is 0.267. The summed E-state index contributed by atoms with van der Waals surface area (Å²) in [4.78, 5) is 19.8. The highest BCUT2D eigenvalue weighted by Gasteiger charge is 2.04. The fourth-order valence-electron chi connectivity index (χ4n) is 1.57. The van der Waals surface area contributed by atoms with Crippen LogP contribution in [0, 0.1) is 13.8 Å². The van der Waals surface area contributed by atoms with E-state index in [9.17, 15) is 4.79 Å². The number of benzene rings is 1. The fourth-order valence-corrected chi connectivity index (χ4v) is 1.57. The van der Waals surface area contributed by atoms with E-state index in [4.69, 9.17) is 4.74 Å². The van der Waals surface area contributed by atoms with Crippen molar-refractivity contribution in [2.45, 2.75) is 13.8 Å². The van der Waals surface area contributed by atoms with Crippen molar-refractivity contribution in [1.82, 2.24) is 15.3 Å². The van der Waals surface area contributed by atoms with Gasteiger partial charge < -0.3 is 10.1 Å². The summed E-state index contributed by atoms with van der Waals surface area (Å²) >= 11 is 0. The maximum Gasteiger partial charge on any atom is 0.316 e. The topological polar surface area (TPSA) is 64.1 Å². The SMILES string of the molecule is Cc1ccc(C(=O)NCCOc2ncc(C)cn2)cc1.[HH]. The number of nitrogens with one attached hydrogen (secondary N) is 1. The average molecular weight is 273 g/mol. The molecule has 0 bridgehead atoms. The van der Waals surface area contributed by atoms with Gasteiger partial charge in [0.05, 0.1) is 6.54 Å². The Hall–Kier alpha value is -2.43. The summed E-state index contributed by atoms with van der Waals surface area (Å²) in [5.41, 5.74) is 2.74. The van der Waals surface area contributed by atoms with E-state index in [1.807, 2.05) is 26.0 Å². The van der Waals surface area contributed by atoms with Gasteiger partial charge in [-0.3, -0.25) is 4.79 Å².